The fourth-order valence-corrected chi connectivity index (χ4v) is 5.13. The van der Waals surface area contributed by atoms with Gasteiger partial charge in [0.1, 0.15) is 5.75 Å². The molecule has 0 aromatic heterocycles. The van der Waals surface area contributed by atoms with Crippen molar-refractivity contribution >= 4 is 0 Å². The Hall–Kier alpha value is -2.20. The van der Waals surface area contributed by atoms with Crippen molar-refractivity contribution in [2.24, 2.45) is 5.41 Å². The van der Waals surface area contributed by atoms with Gasteiger partial charge in [0.25, 0.3) is 0 Å². The van der Waals surface area contributed by atoms with E-state index in [4.69, 9.17) is 4.74 Å². The van der Waals surface area contributed by atoms with Crippen LogP contribution in [0.25, 0.3) is 0 Å². The summed E-state index contributed by atoms with van der Waals surface area (Å²) in [5, 5.41) is 0. The van der Waals surface area contributed by atoms with E-state index < -0.39 is 0 Å². The van der Waals surface area contributed by atoms with E-state index in [0.29, 0.717) is 12.0 Å². The molecular weight excluding hydrogens is 340 g/mol. The van der Waals surface area contributed by atoms with Crippen LogP contribution in [-0.2, 0) is 11.8 Å². The van der Waals surface area contributed by atoms with E-state index in [1.165, 1.54) is 56.9 Å². The van der Waals surface area contributed by atoms with E-state index in [1.807, 2.05) is 19.1 Å². The van der Waals surface area contributed by atoms with E-state index in [-0.39, 0.29) is 5.41 Å². The Balaban J connectivity index is 1.44. The molecule has 0 amide bonds. The number of fused-ring (bicyclic) bond motifs is 3. The molecule has 3 aliphatic carbocycles. The molecule has 2 aromatic rings. The van der Waals surface area contributed by atoms with Gasteiger partial charge in [-0.15, -0.1) is 0 Å². The molecule has 3 fully saturated rings. The summed E-state index contributed by atoms with van der Waals surface area (Å²) in [7, 11) is 0. The van der Waals surface area contributed by atoms with Crippen molar-refractivity contribution in [3.8, 4) is 17.6 Å². The minimum atomic E-state index is 0.239. The lowest BCUT2D eigenvalue weighted by molar-refractivity contribution is 0.0865. The number of hydrogen-bond donors (Lipinski definition) is 0. The highest BCUT2D eigenvalue weighted by molar-refractivity contribution is 5.40. The number of rotatable bonds is 5. The Morgan fingerprint density at radius 2 is 1.46 bits per heavy atom. The Labute approximate surface area is 170 Å². The second kappa shape index (κ2) is 8.04. The molecule has 5 rings (SSSR count). The molecule has 1 heteroatoms. The highest BCUT2D eigenvalue weighted by Gasteiger charge is 2.48. The van der Waals surface area contributed by atoms with Gasteiger partial charge in [0, 0.05) is 11.0 Å². The van der Waals surface area contributed by atoms with Gasteiger partial charge < -0.3 is 4.74 Å². The van der Waals surface area contributed by atoms with Gasteiger partial charge in [-0.25, -0.2) is 0 Å². The van der Waals surface area contributed by atoms with Gasteiger partial charge >= 0.3 is 0 Å². The monoisotopic (exact) mass is 372 g/mol. The van der Waals surface area contributed by atoms with Gasteiger partial charge in [-0.05, 0) is 92.7 Å². The number of benzene rings is 2. The molecule has 0 heterocycles. The third-order valence-corrected chi connectivity index (χ3v) is 6.99. The van der Waals surface area contributed by atoms with Crippen LogP contribution in [0.3, 0.4) is 0 Å². The largest absolute Gasteiger partial charge is 0.494 e. The maximum absolute atomic E-state index is 5.53. The first-order valence-electron chi connectivity index (χ1n) is 11.0. The summed E-state index contributed by atoms with van der Waals surface area (Å²) in [4.78, 5) is 0. The van der Waals surface area contributed by atoms with Crippen LogP contribution in [0, 0.1) is 17.3 Å². The van der Waals surface area contributed by atoms with Gasteiger partial charge in [-0.2, -0.15) is 0 Å². The van der Waals surface area contributed by atoms with Crippen molar-refractivity contribution in [3.05, 3.63) is 65.2 Å². The normalized spacial score (nSPS) is 25.8. The minimum absolute atomic E-state index is 0.239. The number of ether oxygens (including phenoxy) is 1. The second-order valence-corrected chi connectivity index (χ2v) is 8.71. The highest BCUT2D eigenvalue weighted by Crippen LogP contribution is 2.57. The van der Waals surface area contributed by atoms with Gasteiger partial charge in [0.15, 0.2) is 0 Å². The quantitative estimate of drug-likeness (QED) is 0.532. The molecule has 0 N–H and O–H groups in total. The van der Waals surface area contributed by atoms with E-state index in [0.717, 1.165) is 11.3 Å². The SMILES string of the molecule is CCCc1ccc(C23CCC(C#Cc4ccc(OCC)cc4)(CC2)CC3)cc1. The predicted octanol–water partition coefficient (Wildman–Crippen LogP) is 6.68. The third kappa shape index (κ3) is 3.83. The highest BCUT2D eigenvalue weighted by atomic mass is 16.5. The average molecular weight is 373 g/mol. The van der Waals surface area contributed by atoms with Gasteiger partial charge in [-0.1, -0.05) is 49.5 Å². The summed E-state index contributed by atoms with van der Waals surface area (Å²) >= 11 is 0. The van der Waals surface area contributed by atoms with Crippen LogP contribution in [-0.4, -0.2) is 6.61 Å². The molecule has 3 saturated carbocycles. The first kappa shape index (κ1) is 19.1. The molecule has 0 spiro atoms. The summed E-state index contributed by atoms with van der Waals surface area (Å²) in [6.07, 6.45) is 10.0. The first-order chi connectivity index (χ1) is 13.7. The Kier molecular flexibility index (Phi) is 5.49. The zero-order valence-corrected chi connectivity index (χ0v) is 17.4. The Bertz CT molecular complexity index is 823. The zero-order chi connectivity index (χ0) is 19.5. The van der Waals surface area contributed by atoms with E-state index >= 15 is 0 Å². The van der Waals surface area contributed by atoms with Crippen LogP contribution < -0.4 is 4.74 Å². The fourth-order valence-electron chi connectivity index (χ4n) is 5.13. The number of hydrogen-bond acceptors (Lipinski definition) is 1. The molecule has 2 bridgehead atoms. The molecular formula is C27H32O. The van der Waals surface area contributed by atoms with E-state index in [2.05, 4.69) is 55.2 Å². The molecule has 28 heavy (non-hydrogen) atoms. The topological polar surface area (TPSA) is 9.23 Å². The summed E-state index contributed by atoms with van der Waals surface area (Å²) in [5.41, 5.74) is 4.80. The van der Waals surface area contributed by atoms with Gasteiger partial charge in [-0.3, -0.25) is 0 Å². The van der Waals surface area contributed by atoms with Crippen LogP contribution >= 0.6 is 0 Å². The van der Waals surface area contributed by atoms with E-state index in [9.17, 15) is 0 Å². The zero-order valence-electron chi connectivity index (χ0n) is 17.4. The maximum atomic E-state index is 5.53. The second-order valence-electron chi connectivity index (χ2n) is 8.71. The molecule has 3 aliphatic rings. The van der Waals surface area contributed by atoms with Crippen molar-refractivity contribution < 1.29 is 4.74 Å². The Morgan fingerprint density at radius 3 is 2.04 bits per heavy atom. The predicted molar refractivity (Wildman–Crippen MR) is 117 cm³/mol. The van der Waals surface area contributed by atoms with Crippen LogP contribution in [0.5, 0.6) is 5.75 Å². The Morgan fingerprint density at radius 1 is 0.821 bits per heavy atom. The van der Waals surface area contributed by atoms with E-state index in [1.54, 1.807) is 5.56 Å². The molecule has 0 saturated heterocycles. The molecule has 0 aliphatic heterocycles. The minimum Gasteiger partial charge on any atom is -0.494 e. The summed E-state index contributed by atoms with van der Waals surface area (Å²) in [6, 6.07) is 17.8. The summed E-state index contributed by atoms with van der Waals surface area (Å²) in [6.45, 7) is 4.97. The molecule has 1 nitrogen and oxygen atoms in total. The van der Waals surface area contributed by atoms with Crippen LogP contribution in [0.15, 0.2) is 48.5 Å². The van der Waals surface area contributed by atoms with Crippen molar-refractivity contribution in [1.82, 2.24) is 0 Å². The van der Waals surface area contributed by atoms with Crippen molar-refractivity contribution in [2.75, 3.05) is 6.61 Å². The smallest absolute Gasteiger partial charge is 0.119 e. The lowest BCUT2D eigenvalue weighted by atomic mass is 9.52. The average Bonchev–Trinajstić information content (AvgIpc) is 2.76. The van der Waals surface area contributed by atoms with Gasteiger partial charge in [0.2, 0.25) is 0 Å². The molecule has 0 radical (unpaired) electrons. The van der Waals surface area contributed by atoms with Crippen molar-refractivity contribution in [3.63, 3.8) is 0 Å². The van der Waals surface area contributed by atoms with Crippen LogP contribution in [0.2, 0.25) is 0 Å². The standard InChI is InChI=1S/C27H32O/c1-3-5-22-6-10-24(11-7-22)27-19-16-26(17-20-27,18-21-27)15-14-23-8-12-25(13-9-23)28-4-2/h6-13H,3-5,16-21H2,1-2H3. The maximum Gasteiger partial charge on any atom is 0.119 e. The third-order valence-electron chi connectivity index (χ3n) is 6.99. The van der Waals surface area contributed by atoms with Crippen LogP contribution in [0.4, 0.5) is 0 Å². The summed E-state index contributed by atoms with van der Waals surface area (Å²) < 4.78 is 5.53. The molecule has 0 unspecified atom stereocenters. The molecule has 146 valence electrons. The van der Waals surface area contributed by atoms with Crippen LogP contribution in [0.1, 0.15) is 75.5 Å². The molecule has 0 atom stereocenters. The van der Waals surface area contributed by atoms with Crippen molar-refractivity contribution in [1.29, 1.82) is 0 Å². The van der Waals surface area contributed by atoms with Gasteiger partial charge in [0.05, 0.1) is 6.61 Å². The lowest BCUT2D eigenvalue weighted by Gasteiger charge is -2.51. The molecule has 2 aromatic carbocycles. The lowest BCUT2D eigenvalue weighted by Crippen LogP contribution is -2.43. The number of aryl methyl sites for hydroxylation is 1. The fraction of sp³-hybridized carbons (Fsp3) is 0.481. The van der Waals surface area contributed by atoms with Crippen molar-refractivity contribution in [2.45, 2.75) is 70.6 Å². The first-order valence-corrected chi connectivity index (χ1v) is 11.0. The summed E-state index contributed by atoms with van der Waals surface area (Å²) in [5.74, 6) is 8.09.